The first-order chi connectivity index (χ1) is 9.27. The van der Waals surface area contributed by atoms with E-state index in [9.17, 15) is 4.79 Å². The third-order valence-corrected chi connectivity index (χ3v) is 5.91. The van der Waals surface area contributed by atoms with Crippen molar-refractivity contribution in [1.29, 1.82) is 0 Å². The Morgan fingerprint density at radius 2 is 1.79 bits per heavy atom. The van der Waals surface area contributed by atoms with E-state index >= 15 is 0 Å². The van der Waals surface area contributed by atoms with Crippen molar-refractivity contribution in [2.75, 3.05) is 13.1 Å². The van der Waals surface area contributed by atoms with Gasteiger partial charge in [0.2, 0.25) is 5.91 Å². The molecule has 0 bridgehead atoms. The second kappa shape index (κ2) is 5.43. The van der Waals surface area contributed by atoms with E-state index in [1.54, 1.807) is 0 Å². The SMILES string of the molecule is NCC1(C(=O)N2CCCC3CCCC32)CCCCC1. The van der Waals surface area contributed by atoms with Gasteiger partial charge in [0.15, 0.2) is 0 Å². The number of rotatable bonds is 2. The van der Waals surface area contributed by atoms with Crippen LogP contribution in [0.4, 0.5) is 0 Å². The van der Waals surface area contributed by atoms with Gasteiger partial charge >= 0.3 is 0 Å². The average Bonchev–Trinajstić information content (AvgIpc) is 2.95. The summed E-state index contributed by atoms with van der Waals surface area (Å²) in [6.45, 7) is 1.54. The summed E-state index contributed by atoms with van der Waals surface area (Å²) in [5.41, 5.74) is 5.83. The lowest BCUT2D eigenvalue weighted by atomic mass is 9.72. The van der Waals surface area contributed by atoms with Crippen LogP contribution in [0.1, 0.15) is 64.2 Å². The van der Waals surface area contributed by atoms with Crippen LogP contribution in [0.15, 0.2) is 0 Å². The Labute approximate surface area is 116 Å². The monoisotopic (exact) mass is 264 g/mol. The fraction of sp³-hybridized carbons (Fsp3) is 0.938. The van der Waals surface area contributed by atoms with Gasteiger partial charge in [-0.2, -0.15) is 0 Å². The van der Waals surface area contributed by atoms with E-state index in [1.807, 2.05) is 0 Å². The van der Waals surface area contributed by atoms with Crippen LogP contribution in [-0.2, 0) is 4.79 Å². The molecule has 1 saturated heterocycles. The lowest BCUT2D eigenvalue weighted by Gasteiger charge is -2.45. The number of hydrogen-bond donors (Lipinski definition) is 1. The molecule has 3 aliphatic rings. The number of carbonyl (C=O) groups excluding carboxylic acids is 1. The molecule has 1 amide bonds. The van der Waals surface area contributed by atoms with E-state index in [4.69, 9.17) is 5.73 Å². The summed E-state index contributed by atoms with van der Waals surface area (Å²) in [5.74, 6) is 1.20. The Hall–Kier alpha value is -0.570. The molecule has 2 saturated carbocycles. The molecule has 108 valence electrons. The molecule has 2 N–H and O–H groups in total. The highest BCUT2D eigenvalue weighted by molar-refractivity contribution is 5.83. The maximum Gasteiger partial charge on any atom is 0.230 e. The van der Waals surface area contributed by atoms with Gasteiger partial charge in [-0.25, -0.2) is 0 Å². The zero-order chi connectivity index (χ0) is 13.3. The minimum absolute atomic E-state index is 0.206. The summed E-state index contributed by atoms with van der Waals surface area (Å²) >= 11 is 0. The normalized spacial score (nSPS) is 34.1. The molecule has 3 nitrogen and oxygen atoms in total. The van der Waals surface area contributed by atoms with Crippen molar-refractivity contribution in [3.63, 3.8) is 0 Å². The first-order valence-corrected chi connectivity index (χ1v) is 8.28. The maximum absolute atomic E-state index is 13.1. The second-order valence-electron chi connectivity index (χ2n) is 6.94. The number of fused-ring (bicyclic) bond motifs is 1. The molecule has 0 spiro atoms. The quantitative estimate of drug-likeness (QED) is 0.833. The number of piperidine rings is 1. The van der Waals surface area contributed by atoms with Crippen LogP contribution < -0.4 is 5.73 Å². The van der Waals surface area contributed by atoms with Gasteiger partial charge in [-0.1, -0.05) is 25.7 Å². The molecule has 3 rings (SSSR count). The minimum Gasteiger partial charge on any atom is -0.339 e. The Balaban J connectivity index is 1.77. The Bertz CT molecular complexity index is 336. The molecule has 2 unspecified atom stereocenters. The van der Waals surface area contributed by atoms with Gasteiger partial charge in [0, 0.05) is 19.1 Å². The molecule has 1 aliphatic heterocycles. The van der Waals surface area contributed by atoms with E-state index in [2.05, 4.69) is 4.90 Å². The summed E-state index contributed by atoms with van der Waals surface area (Å²) in [4.78, 5) is 15.3. The van der Waals surface area contributed by atoms with Crippen LogP contribution in [-0.4, -0.2) is 29.9 Å². The molecule has 1 heterocycles. The number of amides is 1. The molecule has 19 heavy (non-hydrogen) atoms. The Morgan fingerprint density at radius 3 is 2.53 bits per heavy atom. The van der Waals surface area contributed by atoms with Gasteiger partial charge < -0.3 is 10.6 Å². The van der Waals surface area contributed by atoms with Crippen LogP contribution in [0, 0.1) is 11.3 Å². The van der Waals surface area contributed by atoms with E-state index in [1.165, 1.54) is 51.4 Å². The molecule has 2 aliphatic carbocycles. The standard InChI is InChI=1S/C16H28N2O/c17-12-16(9-2-1-3-10-16)15(19)18-11-5-7-13-6-4-8-14(13)18/h13-14H,1-12,17H2. The van der Waals surface area contributed by atoms with E-state index in [0.29, 0.717) is 18.5 Å². The summed E-state index contributed by atoms with van der Waals surface area (Å²) < 4.78 is 0. The Morgan fingerprint density at radius 1 is 1.05 bits per heavy atom. The van der Waals surface area contributed by atoms with Crippen LogP contribution in [0.2, 0.25) is 0 Å². The van der Waals surface area contributed by atoms with Gasteiger partial charge in [-0.05, 0) is 44.4 Å². The Kier molecular flexibility index (Phi) is 3.84. The summed E-state index contributed by atoms with van der Waals surface area (Å²) in [6, 6.07) is 0.548. The zero-order valence-electron chi connectivity index (χ0n) is 12.1. The van der Waals surface area contributed by atoms with Crippen LogP contribution in [0.3, 0.4) is 0 Å². The third kappa shape index (κ3) is 2.31. The smallest absolute Gasteiger partial charge is 0.230 e. The first kappa shape index (κ1) is 13.4. The first-order valence-electron chi connectivity index (χ1n) is 8.28. The predicted molar refractivity (Wildman–Crippen MR) is 76.6 cm³/mol. The van der Waals surface area contributed by atoms with Gasteiger partial charge in [0.25, 0.3) is 0 Å². The minimum atomic E-state index is -0.206. The zero-order valence-corrected chi connectivity index (χ0v) is 12.1. The average molecular weight is 264 g/mol. The number of likely N-dealkylation sites (tertiary alicyclic amines) is 1. The highest BCUT2D eigenvalue weighted by Crippen LogP contribution is 2.42. The van der Waals surface area contributed by atoms with Crippen molar-refractivity contribution in [3.8, 4) is 0 Å². The van der Waals surface area contributed by atoms with Gasteiger partial charge in [0.1, 0.15) is 0 Å². The summed E-state index contributed by atoms with van der Waals surface area (Å²) in [6.07, 6.45) is 12.1. The maximum atomic E-state index is 13.1. The van der Waals surface area contributed by atoms with Crippen molar-refractivity contribution in [1.82, 2.24) is 4.90 Å². The topological polar surface area (TPSA) is 46.3 Å². The fourth-order valence-corrected chi connectivity index (χ4v) is 4.74. The molecule has 2 atom stereocenters. The highest BCUT2D eigenvalue weighted by atomic mass is 16.2. The molecule has 0 aromatic carbocycles. The molecule has 0 aromatic rings. The third-order valence-electron chi connectivity index (χ3n) is 5.91. The number of hydrogen-bond acceptors (Lipinski definition) is 2. The molecule has 3 heteroatoms. The van der Waals surface area contributed by atoms with E-state index in [-0.39, 0.29) is 5.41 Å². The van der Waals surface area contributed by atoms with Crippen LogP contribution in [0.5, 0.6) is 0 Å². The molecule has 0 aromatic heterocycles. The predicted octanol–water partition coefficient (Wildman–Crippen LogP) is 2.69. The lowest BCUT2D eigenvalue weighted by Crippen LogP contribution is -2.55. The van der Waals surface area contributed by atoms with Crippen LogP contribution >= 0.6 is 0 Å². The van der Waals surface area contributed by atoms with E-state index in [0.717, 1.165) is 25.3 Å². The van der Waals surface area contributed by atoms with Gasteiger partial charge in [-0.3, -0.25) is 4.79 Å². The molecule has 3 fully saturated rings. The van der Waals surface area contributed by atoms with Crippen molar-refractivity contribution in [2.45, 2.75) is 70.3 Å². The highest BCUT2D eigenvalue weighted by Gasteiger charge is 2.45. The molecule has 0 radical (unpaired) electrons. The van der Waals surface area contributed by atoms with Gasteiger partial charge in [0.05, 0.1) is 5.41 Å². The molecular weight excluding hydrogens is 236 g/mol. The van der Waals surface area contributed by atoms with Crippen LogP contribution in [0.25, 0.3) is 0 Å². The fourth-order valence-electron chi connectivity index (χ4n) is 4.74. The summed E-state index contributed by atoms with van der Waals surface area (Å²) in [7, 11) is 0. The summed E-state index contributed by atoms with van der Waals surface area (Å²) in [5, 5.41) is 0. The number of carbonyl (C=O) groups is 1. The number of nitrogens with zero attached hydrogens (tertiary/aromatic N) is 1. The second-order valence-corrected chi connectivity index (χ2v) is 6.94. The van der Waals surface area contributed by atoms with Crippen molar-refractivity contribution in [3.05, 3.63) is 0 Å². The van der Waals surface area contributed by atoms with Crippen molar-refractivity contribution >= 4 is 5.91 Å². The number of nitrogens with two attached hydrogens (primary N) is 1. The largest absolute Gasteiger partial charge is 0.339 e. The van der Waals surface area contributed by atoms with E-state index < -0.39 is 0 Å². The van der Waals surface area contributed by atoms with Crippen molar-refractivity contribution in [2.24, 2.45) is 17.1 Å². The lowest BCUT2D eigenvalue weighted by molar-refractivity contribution is -0.148. The van der Waals surface area contributed by atoms with Crippen molar-refractivity contribution < 1.29 is 4.79 Å². The molecular formula is C16H28N2O. The van der Waals surface area contributed by atoms with Gasteiger partial charge in [-0.15, -0.1) is 0 Å².